The molecule has 12 heteroatoms. The molecule has 0 atom stereocenters. The number of nitrogens with zero attached hydrogens (tertiary/aromatic N) is 1. The molecule has 0 saturated carbocycles. The van der Waals surface area contributed by atoms with E-state index in [0.717, 1.165) is 10.5 Å². The highest BCUT2D eigenvalue weighted by atomic mass is 35.5. The maximum absolute atomic E-state index is 13.4. The number of halogens is 2. The SMILES string of the molecule is COc1ccccc1/C=C(\NC(=O)c1ccccc1)C(=O)Nc1ccc(SCC(=O)Nc2nc(-c3ccc(Cl)c(Cl)c3)cs2)cc1. The van der Waals surface area contributed by atoms with Crippen molar-refractivity contribution in [3.63, 3.8) is 0 Å². The normalized spacial score (nSPS) is 11.1. The van der Waals surface area contributed by atoms with Crippen LogP contribution in [0.15, 0.2) is 113 Å². The van der Waals surface area contributed by atoms with E-state index in [0.29, 0.717) is 43.4 Å². The number of nitrogens with one attached hydrogen (secondary N) is 3. The maximum atomic E-state index is 13.4. The molecular weight excluding hydrogens is 663 g/mol. The van der Waals surface area contributed by atoms with Gasteiger partial charge in [0.15, 0.2) is 5.13 Å². The van der Waals surface area contributed by atoms with Crippen LogP contribution in [0.1, 0.15) is 15.9 Å². The molecule has 5 aromatic rings. The predicted octanol–water partition coefficient (Wildman–Crippen LogP) is 8.27. The number of thiazole rings is 1. The van der Waals surface area contributed by atoms with Crippen molar-refractivity contribution in [2.45, 2.75) is 4.90 Å². The number of amides is 3. The largest absolute Gasteiger partial charge is 0.496 e. The van der Waals surface area contributed by atoms with Gasteiger partial charge in [0.25, 0.3) is 11.8 Å². The molecule has 0 unspecified atom stereocenters. The second-order valence-electron chi connectivity index (χ2n) is 9.60. The number of benzene rings is 4. The summed E-state index contributed by atoms with van der Waals surface area (Å²) in [6, 6.07) is 28.1. The molecule has 232 valence electrons. The molecule has 0 fully saturated rings. The number of thioether (sulfide) groups is 1. The van der Waals surface area contributed by atoms with E-state index in [2.05, 4.69) is 20.9 Å². The van der Waals surface area contributed by atoms with E-state index in [-0.39, 0.29) is 17.4 Å². The Morgan fingerprint density at radius 2 is 1.63 bits per heavy atom. The zero-order valence-electron chi connectivity index (χ0n) is 24.3. The van der Waals surface area contributed by atoms with Gasteiger partial charge < -0.3 is 20.7 Å². The van der Waals surface area contributed by atoms with E-state index < -0.39 is 11.8 Å². The zero-order valence-corrected chi connectivity index (χ0v) is 27.4. The first-order chi connectivity index (χ1) is 22.3. The summed E-state index contributed by atoms with van der Waals surface area (Å²) in [6.07, 6.45) is 1.56. The van der Waals surface area contributed by atoms with Crippen molar-refractivity contribution in [3.8, 4) is 17.0 Å². The molecule has 4 aromatic carbocycles. The van der Waals surface area contributed by atoms with Crippen LogP contribution >= 0.6 is 46.3 Å². The van der Waals surface area contributed by atoms with Gasteiger partial charge in [-0.1, -0.05) is 65.7 Å². The van der Waals surface area contributed by atoms with Gasteiger partial charge in [0, 0.05) is 32.7 Å². The molecule has 3 N–H and O–H groups in total. The molecule has 1 aromatic heterocycles. The van der Waals surface area contributed by atoms with Gasteiger partial charge in [0.2, 0.25) is 5.91 Å². The molecule has 0 aliphatic carbocycles. The fourth-order valence-electron chi connectivity index (χ4n) is 4.14. The highest BCUT2D eigenvalue weighted by Crippen LogP contribution is 2.31. The number of methoxy groups -OCH3 is 1. The van der Waals surface area contributed by atoms with Gasteiger partial charge >= 0.3 is 0 Å². The second-order valence-corrected chi connectivity index (χ2v) is 12.3. The summed E-state index contributed by atoms with van der Waals surface area (Å²) in [7, 11) is 1.53. The van der Waals surface area contributed by atoms with Crippen molar-refractivity contribution < 1.29 is 19.1 Å². The number of carbonyl (C=O) groups excluding carboxylic acids is 3. The first-order valence-electron chi connectivity index (χ1n) is 13.7. The first kappa shape index (κ1) is 32.8. The Kier molecular flexibility index (Phi) is 11.1. The average Bonchev–Trinajstić information content (AvgIpc) is 3.54. The van der Waals surface area contributed by atoms with Gasteiger partial charge in [-0.15, -0.1) is 23.1 Å². The van der Waals surface area contributed by atoms with Gasteiger partial charge in [-0.25, -0.2) is 4.98 Å². The second kappa shape index (κ2) is 15.6. The molecule has 1 heterocycles. The van der Waals surface area contributed by atoms with Crippen molar-refractivity contribution in [3.05, 3.63) is 129 Å². The number of ether oxygens (including phenoxy) is 1. The van der Waals surface area contributed by atoms with Crippen molar-refractivity contribution in [2.75, 3.05) is 23.5 Å². The number of hydrogen-bond acceptors (Lipinski definition) is 7. The Balaban J connectivity index is 1.20. The topological polar surface area (TPSA) is 109 Å². The van der Waals surface area contributed by atoms with E-state index in [9.17, 15) is 14.4 Å². The van der Waals surface area contributed by atoms with Gasteiger partial charge in [0.05, 0.1) is 28.6 Å². The lowest BCUT2D eigenvalue weighted by molar-refractivity contribution is -0.114. The zero-order chi connectivity index (χ0) is 32.5. The summed E-state index contributed by atoms with van der Waals surface area (Å²) in [5, 5.41) is 11.6. The molecule has 5 rings (SSSR count). The fourth-order valence-corrected chi connectivity index (χ4v) is 5.87. The van der Waals surface area contributed by atoms with Crippen LogP contribution in [-0.4, -0.2) is 35.6 Å². The molecule has 46 heavy (non-hydrogen) atoms. The molecule has 0 saturated heterocycles. The van der Waals surface area contributed by atoms with Crippen LogP contribution in [0.3, 0.4) is 0 Å². The van der Waals surface area contributed by atoms with E-state index in [4.69, 9.17) is 27.9 Å². The molecule has 0 aliphatic rings. The Morgan fingerprint density at radius 3 is 2.37 bits per heavy atom. The van der Waals surface area contributed by atoms with Gasteiger partial charge in [-0.05, 0) is 60.7 Å². The molecular formula is C34H26Cl2N4O4S2. The Morgan fingerprint density at radius 1 is 0.891 bits per heavy atom. The summed E-state index contributed by atoms with van der Waals surface area (Å²) in [4.78, 5) is 44.2. The molecule has 8 nitrogen and oxygen atoms in total. The minimum absolute atomic E-state index is 0.0398. The first-order valence-corrected chi connectivity index (χ1v) is 16.4. The quantitative estimate of drug-likeness (QED) is 0.0952. The minimum Gasteiger partial charge on any atom is -0.496 e. The van der Waals surface area contributed by atoms with E-state index in [1.807, 2.05) is 23.6 Å². The maximum Gasteiger partial charge on any atom is 0.272 e. The number of anilines is 2. The highest BCUT2D eigenvalue weighted by Gasteiger charge is 2.16. The lowest BCUT2D eigenvalue weighted by Gasteiger charge is -2.13. The van der Waals surface area contributed by atoms with Crippen LogP contribution in [-0.2, 0) is 9.59 Å². The summed E-state index contributed by atoms with van der Waals surface area (Å²) in [5.74, 6) is -0.444. The van der Waals surface area contributed by atoms with Crippen molar-refractivity contribution in [2.24, 2.45) is 0 Å². The number of rotatable bonds is 11. The molecule has 0 bridgehead atoms. The number of hydrogen-bond donors (Lipinski definition) is 3. The van der Waals surface area contributed by atoms with Crippen LogP contribution in [0.25, 0.3) is 17.3 Å². The van der Waals surface area contributed by atoms with Crippen LogP contribution in [0.5, 0.6) is 5.75 Å². The Bertz CT molecular complexity index is 1900. The lowest BCUT2D eigenvalue weighted by Crippen LogP contribution is -2.30. The van der Waals surface area contributed by atoms with E-state index >= 15 is 0 Å². The summed E-state index contributed by atoms with van der Waals surface area (Å²) >= 11 is 14.8. The number of carbonyl (C=O) groups is 3. The third-order valence-corrected chi connectivity index (χ3v) is 8.92. The van der Waals surface area contributed by atoms with Gasteiger partial charge in [-0.2, -0.15) is 0 Å². The monoisotopic (exact) mass is 688 g/mol. The standard InChI is InChI=1S/C34H26Cl2N4O4S2/c1-44-30-10-6-5-9-23(30)18-28(38-32(42)21-7-3-2-4-8-21)33(43)37-24-12-14-25(15-13-24)45-20-31(41)40-34-39-29(19-46-34)22-11-16-26(35)27(36)17-22/h2-19H,20H2,1H3,(H,37,43)(H,38,42)(H,39,40,41)/b28-18-. The lowest BCUT2D eigenvalue weighted by atomic mass is 10.1. The van der Waals surface area contributed by atoms with Crippen molar-refractivity contribution in [1.29, 1.82) is 0 Å². The summed E-state index contributed by atoms with van der Waals surface area (Å²) < 4.78 is 5.42. The summed E-state index contributed by atoms with van der Waals surface area (Å²) in [6.45, 7) is 0. The van der Waals surface area contributed by atoms with E-state index in [1.54, 1.807) is 84.9 Å². The number of para-hydroxylation sites is 1. The third-order valence-electron chi connectivity index (χ3n) is 6.42. The summed E-state index contributed by atoms with van der Waals surface area (Å²) in [5.41, 5.74) is 3.07. The van der Waals surface area contributed by atoms with Crippen LogP contribution in [0, 0.1) is 0 Å². The third kappa shape index (κ3) is 8.76. The molecule has 0 radical (unpaired) electrons. The van der Waals surface area contributed by atoms with Gasteiger partial charge in [0.1, 0.15) is 11.4 Å². The van der Waals surface area contributed by atoms with Crippen LogP contribution in [0.2, 0.25) is 10.0 Å². The Hall–Kier alpha value is -4.61. The average molecular weight is 690 g/mol. The molecule has 0 spiro atoms. The predicted molar refractivity (Wildman–Crippen MR) is 187 cm³/mol. The minimum atomic E-state index is -0.515. The van der Waals surface area contributed by atoms with Crippen LogP contribution < -0.4 is 20.7 Å². The molecule has 3 amide bonds. The smallest absolute Gasteiger partial charge is 0.272 e. The van der Waals surface area contributed by atoms with Crippen LogP contribution in [0.4, 0.5) is 10.8 Å². The van der Waals surface area contributed by atoms with Crippen molar-refractivity contribution >= 4 is 80.9 Å². The fraction of sp³-hybridized carbons (Fsp3) is 0.0588. The highest BCUT2D eigenvalue weighted by molar-refractivity contribution is 8.00. The number of aromatic nitrogens is 1. The van der Waals surface area contributed by atoms with Crippen molar-refractivity contribution in [1.82, 2.24) is 10.3 Å². The molecule has 0 aliphatic heterocycles. The Labute approximate surface area is 283 Å². The van der Waals surface area contributed by atoms with E-state index in [1.165, 1.54) is 30.2 Å². The van der Waals surface area contributed by atoms with Gasteiger partial charge in [-0.3, -0.25) is 14.4 Å².